The Bertz CT molecular complexity index is 731. The second-order valence-electron chi connectivity index (χ2n) is 6.93. The SMILES string of the molecule is COCC(=O)N1CC2CC(N(C)c3ncnc4[nH]ccc34)C[C@H]2C1. The van der Waals surface area contributed by atoms with E-state index in [0.717, 1.165) is 42.8 Å². The number of aromatic nitrogens is 3. The first-order chi connectivity index (χ1) is 11.7. The molecule has 2 aromatic heterocycles. The van der Waals surface area contributed by atoms with E-state index in [1.54, 1.807) is 13.4 Å². The molecule has 7 nitrogen and oxygen atoms in total. The lowest BCUT2D eigenvalue weighted by atomic mass is 10.0. The molecule has 1 amide bonds. The summed E-state index contributed by atoms with van der Waals surface area (Å²) >= 11 is 0. The molecule has 4 rings (SSSR count). The molecule has 24 heavy (non-hydrogen) atoms. The maximum Gasteiger partial charge on any atom is 0.248 e. The highest BCUT2D eigenvalue weighted by Gasteiger charge is 2.43. The third-order valence-corrected chi connectivity index (χ3v) is 5.56. The van der Waals surface area contributed by atoms with E-state index in [-0.39, 0.29) is 12.5 Å². The van der Waals surface area contributed by atoms with Crippen molar-refractivity contribution in [3.8, 4) is 0 Å². The molecule has 7 heteroatoms. The van der Waals surface area contributed by atoms with Crippen LogP contribution in [0.4, 0.5) is 5.82 Å². The Hall–Kier alpha value is -2.15. The summed E-state index contributed by atoms with van der Waals surface area (Å²) in [5.41, 5.74) is 0.876. The summed E-state index contributed by atoms with van der Waals surface area (Å²) in [5.74, 6) is 2.27. The van der Waals surface area contributed by atoms with E-state index in [1.165, 1.54) is 0 Å². The van der Waals surface area contributed by atoms with Crippen LogP contribution in [0.25, 0.3) is 11.0 Å². The Morgan fingerprint density at radius 2 is 2.12 bits per heavy atom. The van der Waals surface area contributed by atoms with Crippen LogP contribution in [-0.2, 0) is 9.53 Å². The van der Waals surface area contributed by atoms with Gasteiger partial charge >= 0.3 is 0 Å². The standard InChI is InChI=1S/C17H23N5O2/c1-21(17-14-3-4-18-16(14)19-10-20-17)13-5-11-7-22(8-12(11)6-13)15(23)9-24-2/h3-4,10-13H,5-9H2,1-2H3,(H,18,19,20)/t11-,12?,13?/m0/s1. The van der Waals surface area contributed by atoms with Crippen LogP contribution in [0, 0.1) is 11.8 Å². The zero-order valence-electron chi connectivity index (χ0n) is 14.1. The first-order valence-electron chi connectivity index (χ1n) is 8.45. The number of anilines is 1. The van der Waals surface area contributed by atoms with Gasteiger partial charge in [0.15, 0.2) is 0 Å². The molecule has 3 heterocycles. The number of ether oxygens (including phenoxy) is 1. The van der Waals surface area contributed by atoms with Gasteiger partial charge in [-0.1, -0.05) is 0 Å². The van der Waals surface area contributed by atoms with Crippen molar-refractivity contribution in [2.45, 2.75) is 18.9 Å². The number of likely N-dealkylation sites (tertiary alicyclic amines) is 1. The lowest BCUT2D eigenvalue weighted by Crippen LogP contribution is -2.35. The Morgan fingerprint density at radius 3 is 2.83 bits per heavy atom. The van der Waals surface area contributed by atoms with Crippen LogP contribution in [0.15, 0.2) is 18.6 Å². The van der Waals surface area contributed by atoms with Gasteiger partial charge in [0.2, 0.25) is 5.91 Å². The number of amides is 1. The molecule has 128 valence electrons. The number of hydrogen-bond acceptors (Lipinski definition) is 5. The molecule has 1 N–H and O–H groups in total. The average Bonchev–Trinajstić information content (AvgIpc) is 3.27. The topological polar surface area (TPSA) is 74.3 Å². The number of aromatic amines is 1. The van der Waals surface area contributed by atoms with Gasteiger partial charge in [0, 0.05) is 39.5 Å². The maximum atomic E-state index is 12.0. The van der Waals surface area contributed by atoms with Gasteiger partial charge in [0.25, 0.3) is 0 Å². The molecule has 1 aliphatic carbocycles. The van der Waals surface area contributed by atoms with Crippen molar-refractivity contribution in [2.75, 3.05) is 38.8 Å². The van der Waals surface area contributed by atoms with Gasteiger partial charge in [-0.15, -0.1) is 0 Å². The summed E-state index contributed by atoms with van der Waals surface area (Å²) in [6.07, 6.45) is 5.73. The Balaban J connectivity index is 1.45. The molecule has 0 aromatic carbocycles. The van der Waals surface area contributed by atoms with E-state index in [2.05, 4.69) is 26.9 Å². The van der Waals surface area contributed by atoms with E-state index >= 15 is 0 Å². The van der Waals surface area contributed by atoms with Crippen molar-refractivity contribution in [1.82, 2.24) is 19.9 Å². The quantitative estimate of drug-likeness (QED) is 0.914. The number of methoxy groups -OCH3 is 1. The zero-order chi connectivity index (χ0) is 16.7. The molecule has 0 radical (unpaired) electrons. The summed E-state index contributed by atoms with van der Waals surface area (Å²) in [6.45, 7) is 1.91. The van der Waals surface area contributed by atoms with Crippen molar-refractivity contribution < 1.29 is 9.53 Å². The third-order valence-electron chi connectivity index (χ3n) is 5.56. The number of carbonyl (C=O) groups excluding carboxylic acids is 1. The number of H-pyrrole nitrogens is 1. The van der Waals surface area contributed by atoms with E-state index in [0.29, 0.717) is 17.9 Å². The largest absolute Gasteiger partial charge is 0.375 e. The summed E-state index contributed by atoms with van der Waals surface area (Å²) < 4.78 is 4.97. The average molecular weight is 329 g/mol. The number of nitrogens with zero attached hydrogens (tertiary/aromatic N) is 4. The Morgan fingerprint density at radius 1 is 1.38 bits per heavy atom. The first kappa shape index (κ1) is 15.4. The van der Waals surface area contributed by atoms with Crippen LogP contribution < -0.4 is 4.90 Å². The monoisotopic (exact) mass is 329 g/mol. The molecular formula is C17H23N5O2. The van der Waals surface area contributed by atoms with Crippen LogP contribution in [0.2, 0.25) is 0 Å². The van der Waals surface area contributed by atoms with E-state index in [1.807, 2.05) is 17.2 Å². The molecule has 0 bridgehead atoms. The van der Waals surface area contributed by atoms with Crippen molar-refractivity contribution in [3.63, 3.8) is 0 Å². The number of nitrogens with one attached hydrogen (secondary N) is 1. The van der Waals surface area contributed by atoms with Crippen LogP contribution in [0.5, 0.6) is 0 Å². The van der Waals surface area contributed by atoms with E-state index in [9.17, 15) is 4.79 Å². The van der Waals surface area contributed by atoms with Crippen molar-refractivity contribution in [3.05, 3.63) is 18.6 Å². The maximum absolute atomic E-state index is 12.0. The second kappa shape index (κ2) is 6.05. The van der Waals surface area contributed by atoms with Gasteiger partial charge in [-0.25, -0.2) is 9.97 Å². The Kier molecular flexibility index (Phi) is 3.88. The number of hydrogen-bond donors (Lipinski definition) is 1. The molecule has 1 aliphatic heterocycles. The predicted molar refractivity (Wildman–Crippen MR) is 90.7 cm³/mol. The van der Waals surface area contributed by atoms with Crippen LogP contribution in [0.1, 0.15) is 12.8 Å². The molecule has 2 unspecified atom stereocenters. The van der Waals surface area contributed by atoms with E-state index < -0.39 is 0 Å². The van der Waals surface area contributed by atoms with Gasteiger partial charge in [0.05, 0.1) is 5.39 Å². The number of rotatable bonds is 4. The van der Waals surface area contributed by atoms with Gasteiger partial charge in [-0.3, -0.25) is 4.79 Å². The highest BCUT2D eigenvalue weighted by molar-refractivity contribution is 5.87. The first-order valence-corrected chi connectivity index (χ1v) is 8.45. The molecule has 3 atom stereocenters. The lowest BCUT2D eigenvalue weighted by Gasteiger charge is -2.28. The molecule has 2 fully saturated rings. The second-order valence-corrected chi connectivity index (χ2v) is 6.93. The minimum atomic E-state index is 0.113. The summed E-state index contributed by atoms with van der Waals surface area (Å²) in [4.78, 5) is 28.2. The van der Waals surface area contributed by atoms with Crippen LogP contribution in [0.3, 0.4) is 0 Å². The molecule has 2 aliphatic rings. The number of fused-ring (bicyclic) bond motifs is 2. The number of carbonyl (C=O) groups is 1. The van der Waals surface area contributed by atoms with Gasteiger partial charge in [-0.2, -0.15) is 0 Å². The third kappa shape index (κ3) is 2.53. The molecular weight excluding hydrogens is 306 g/mol. The smallest absolute Gasteiger partial charge is 0.248 e. The highest BCUT2D eigenvalue weighted by atomic mass is 16.5. The minimum Gasteiger partial charge on any atom is -0.375 e. The molecule has 1 saturated heterocycles. The van der Waals surface area contributed by atoms with Crippen molar-refractivity contribution >= 4 is 22.8 Å². The fourth-order valence-electron chi connectivity index (χ4n) is 4.32. The predicted octanol–water partition coefficient (Wildman–Crippen LogP) is 1.28. The van der Waals surface area contributed by atoms with Crippen molar-refractivity contribution in [2.24, 2.45) is 11.8 Å². The minimum absolute atomic E-state index is 0.113. The van der Waals surface area contributed by atoms with Crippen LogP contribution >= 0.6 is 0 Å². The summed E-state index contributed by atoms with van der Waals surface area (Å²) in [7, 11) is 3.69. The zero-order valence-corrected chi connectivity index (χ0v) is 14.1. The Labute approximate surface area is 141 Å². The summed E-state index contributed by atoms with van der Waals surface area (Å²) in [5, 5.41) is 1.06. The van der Waals surface area contributed by atoms with Crippen LogP contribution in [-0.4, -0.2) is 65.7 Å². The van der Waals surface area contributed by atoms with E-state index in [4.69, 9.17) is 4.74 Å². The fraction of sp³-hybridized carbons (Fsp3) is 0.588. The van der Waals surface area contributed by atoms with Crippen molar-refractivity contribution in [1.29, 1.82) is 0 Å². The molecule has 0 spiro atoms. The van der Waals surface area contributed by atoms with Gasteiger partial charge in [0.1, 0.15) is 24.4 Å². The molecule has 1 saturated carbocycles. The summed E-state index contributed by atoms with van der Waals surface area (Å²) in [6, 6.07) is 2.50. The fourth-order valence-corrected chi connectivity index (χ4v) is 4.32. The molecule has 2 aromatic rings. The van der Waals surface area contributed by atoms with Gasteiger partial charge < -0.3 is 19.5 Å². The highest BCUT2D eigenvalue weighted by Crippen LogP contribution is 2.41. The van der Waals surface area contributed by atoms with Gasteiger partial charge in [-0.05, 0) is 30.7 Å². The lowest BCUT2D eigenvalue weighted by molar-refractivity contribution is -0.134. The normalized spacial score (nSPS) is 26.1.